The Bertz CT molecular complexity index is 591. The van der Waals surface area contributed by atoms with E-state index in [0.717, 1.165) is 24.6 Å². The lowest BCUT2D eigenvalue weighted by atomic mass is 9.78. The molecule has 1 fully saturated rings. The molecule has 2 aromatic rings. The lowest BCUT2D eigenvalue weighted by Crippen LogP contribution is -2.26. The molecule has 0 N–H and O–H groups in total. The van der Waals surface area contributed by atoms with Gasteiger partial charge in [0, 0.05) is 36.0 Å². The van der Waals surface area contributed by atoms with Gasteiger partial charge in [-0.05, 0) is 44.9 Å². The van der Waals surface area contributed by atoms with Crippen molar-refractivity contribution in [1.29, 1.82) is 0 Å². The second-order valence-electron chi connectivity index (χ2n) is 6.17. The van der Waals surface area contributed by atoms with E-state index >= 15 is 0 Å². The Hall–Kier alpha value is -1.84. The summed E-state index contributed by atoms with van der Waals surface area (Å²) in [5.41, 5.74) is 2.40. The number of rotatable bonds is 5. The van der Waals surface area contributed by atoms with Crippen molar-refractivity contribution >= 4 is 0 Å². The molecule has 2 aromatic heterocycles. The fraction of sp³-hybridized carbons (Fsp3) is 0.556. The highest BCUT2D eigenvalue weighted by Gasteiger charge is 2.29. The Balaban J connectivity index is 1.69. The minimum atomic E-state index is 0.564. The molecule has 0 spiro atoms. The number of nitrogens with zero attached hydrogens (tertiary/aromatic N) is 3. The molecular formula is C18H25N3O. The van der Waals surface area contributed by atoms with Crippen LogP contribution in [-0.4, -0.2) is 21.4 Å². The van der Waals surface area contributed by atoms with Crippen LogP contribution < -0.4 is 4.74 Å². The second-order valence-corrected chi connectivity index (χ2v) is 6.17. The van der Waals surface area contributed by atoms with Gasteiger partial charge in [-0.25, -0.2) is 0 Å². The summed E-state index contributed by atoms with van der Waals surface area (Å²) in [5.74, 6) is 2.01. The van der Waals surface area contributed by atoms with E-state index in [1.807, 2.05) is 31.5 Å². The van der Waals surface area contributed by atoms with E-state index in [0.29, 0.717) is 11.8 Å². The first-order valence-electron chi connectivity index (χ1n) is 8.35. The lowest BCUT2D eigenvalue weighted by molar-refractivity contribution is 0.181. The van der Waals surface area contributed by atoms with Gasteiger partial charge in [-0.3, -0.25) is 9.67 Å². The van der Waals surface area contributed by atoms with Crippen LogP contribution in [0.25, 0.3) is 0 Å². The first-order valence-corrected chi connectivity index (χ1v) is 8.35. The molecule has 0 aliphatic heterocycles. The van der Waals surface area contributed by atoms with Gasteiger partial charge in [-0.1, -0.05) is 12.8 Å². The maximum Gasteiger partial charge on any atom is 0.137 e. The summed E-state index contributed by atoms with van der Waals surface area (Å²) >= 11 is 0. The molecule has 2 unspecified atom stereocenters. The molecule has 0 saturated heterocycles. The number of hydrogen-bond acceptors (Lipinski definition) is 3. The van der Waals surface area contributed by atoms with Gasteiger partial charge in [0.15, 0.2) is 0 Å². The molecule has 22 heavy (non-hydrogen) atoms. The third kappa shape index (κ3) is 3.32. The standard InChI is InChI=1S/C18H25N3O/c1-3-21-18(10-11-20-21)17-7-5-4-6-15(17)13-22-16-9-8-14(2)19-12-16/h8-12,15,17H,3-7,13H2,1-2H3. The van der Waals surface area contributed by atoms with Crippen molar-refractivity contribution in [2.24, 2.45) is 5.92 Å². The van der Waals surface area contributed by atoms with Crippen molar-refractivity contribution in [3.63, 3.8) is 0 Å². The summed E-state index contributed by atoms with van der Waals surface area (Å²) in [6.45, 7) is 5.86. The Labute approximate surface area is 132 Å². The molecule has 2 atom stereocenters. The Morgan fingerprint density at radius 2 is 2.09 bits per heavy atom. The zero-order valence-electron chi connectivity index (χ0n) is 13.5. The van der Waals surface area contributed by atoms with Gasteiger partial charge >= 0.3 is 0 Å². The average Bonchev–Trinajstić information content (AvgIpc) is 3.03. The Kier molecular flexibility index (Phi) is 4.76. The fourth-order valence-corrected chi connectivity index (χ4v) is 3.46. The molecule has 1 aliphatic rings. The minimum Gasteiger partial charge on any atom is -0.492 e. The highest BCUT2D eigenvalue weighted by molar-refractivity contribution is 5.19. The van der Waals surface area contributed by atoms with Crippen molar-refractivity contribution in [3.8, 4) is 5.75 Å². The van der Waals surface area contributed by atoms with E-state index in [4.69, 9.17) is 4.74 Å². The smallest absolute Gasteiger partial charge is 0.137 e. The summed E-state index contributed by atoms with van der Waals surface area (Å²) in [6.07, 6.45) is 8.84. The van der Waals surface area contributed by atoms with Crippen LogP contribution in [0.2, 0.25) is 0 Å². The van der Waals surface area contributed by atoms with Crippen LogP contribution in [0.5, 0.6) is 5.75 Å². The topological polar surface area (TPSA) is 39.9 Å². The summed E-state index contributed by atoms with van der Waals surface area (Å²) in [7, 11) is 0. The highest BCUT2D eigenvalue weighted by atomic mass is 16.5. The molecule has 118 valence electrons. The van der Waals surface area contributed by atoms with Crippen LogP contribution in [0.1, 0.15) is 49.9 Å². The van der Waals surface area contributed by atoms with Gasteiger partial charge in [0.2, 0.25) is 0 Å². The van der Waals surface area contributed by atoms with Gasteiger partial charge in [0.1, 0.15) is 5.75 Å². The molecular weight excluding hydrogens is 274 g/mol. The summed E-state index contributed by atoms with van der Waals surface area (Å²) in [6, 6.07) is 6.19. The molecule has 0 aromatic carbocycles. The predicted molar refractivity (Wildman–Crippen MR) is 87.1 cm³/mol. The number of hydrogen-bond donors (Lipinski definition) is 0. The molecule has 4 heteroatoms. The molecule has 4 nitrogen and oxygen atoms in total. The third-order valence-electron chi connectivity index (χ3n) is 4.69. The molecule has 1 aliphatic carbocycles. The van der Waals surface area contributed by atoms with E-state index in [-0.39, 0.29) is 0 Å². The van der Waals surface area contributed by atoms with E-state index in [1.54, 1.807) is 0 Å². The van der Waals surface area contributed by atoms with Crippen molar-refractivity contribution in [1.82, 2.24) is 14.8 Å². The first-order chi connectivity index (χ1) is 10.8. The van der Waals surface area contributed by atoms with Crippen LogP contribution in [0.3, 0.4) is 0 Å². The fourth-order valence-electron chi connectivity index (χ4n) is 3.46. The molecule has 3 rings (SSSR count). The normalized spacial score (nSPS) is 21.7. The molecule has 0 amide bonds. The number of aryl methyl sites for hydroxylation is 2. The molecule has 0 radical (unpaired) electrons. The molecule has 1 saturated carbocycles. The van der Waals surface area contributed by atoms with Crippen LogP contribution in [0.4, 0.5) is 0 Å². The molecule has 2 heterocycles. The summed E-state index contributed by atoms with van der Waals surface area (Å²) in [5, 5.41) is 4.44. The van der Waals surface area contributed by atoms with Gasteiger partial charge in [-0.2, -0.15) is 5.10 Å². The largest absolute Gasteiger partial charge is 0.492 e. The Morgan fingerprint density at radius 1 is 1.23 bits per heavy atom. The second kappa shape index (κ2) is 6.95. The van der Waals surface area contributed by atoms with Gasteiger partial charge in [0.05, 0.1) is 12.8 Å². The van der Waals surface area contributed by atoms with Gasteiger partial charge < -0.3 is 4.74 Å². The minimum absolute atomic E-state index is 0.564. The van der Waals surface area contributed by atoms with Crippen molar-refractivity contribution in [3.05, 3.63) is 42.0 Å². The average molecular weight is 299 g/mol. The van der Waals surface area contributed by atoms with Crippen LogP contribution in [0.15, 0.2) is 30.6 Å². The van der Waals surface area contributed by atoms with E-state index in [1.165, 1.54) is 31.4 Å². The SMILES string of the molecule is CCn1nccc1C1CCCCC1COc1ccc(C)nc1. The summed E-state index contributed by atoms with van der Waals surface area (Å²) < 4.78 is 8.15. The highest BCUT2D eigenvalue weighted by Crippen LogP contribution is 2.38. The maximum absolute atomic E-state index is 6.01. The zero-order valence-corrected chi connectivity index (χ0v) is 13.5. The Morgan fingerprint density at radius 3 is 2.86 bits per heavy atom. The number of ether oxygens (including phenoxy) is 1. The zero-order chi connectivity index (χ0) is 15.4. The van der Waals surface area contributed by atoms with Crippen molar-refractivity contribution in [2.45, 2.75) is 52.0 Å². The number of pyridine rings is 1. The number of aromatic nitrogens is 3. The van der Waals surface area contributed by atoms with Crippen molar-refractivity contribution in [2.75, 3.05) is 6.61 Å². The first kappa shape index (κ1) is 15.1. The third-order valence-corrected chi connectivity index (χ3v) is 4.69. The van der Waals surface area contributed by atoms with E-state index in [9.17, 15) is 0 Å². The van der Waals surface area contributed by atoms with Crippen LogP contribution >= 0.6 is 0 Å². The van der Waals surface area contributed by atoms with Crippen LogP contribution in [0, 0.1) is 12.8 Å². The quantitative estimate of drug-likeness (QED) is 0.839. The summed E-state index contributed by atoms with van der Waals surface area (Å²) in [4.78, 5) is 4.30. The van der Waals surface area contributed by atoms with Gasteiger partial charge in [-0.15, -0.1) is 0 Å². The van der Waals surface area contributed by atoms with E-state index < -0.39 is 0 Å². The molecule has 0 bridgehead atoms. The van der Waals surface area contributed by atoms with Crippen molar-refractivity contribution < 1.29 is 4.74 Å². The van der Waals surface area contributed by atoms with Gasteiger partial charge in [0.25, 0.3) is 0 Å². The van der Waals surface area contributed by atoms with E-state index in [2.05, 4.69) is 27.8 Å². The van der Waals surface area contributed by atoms with Crippen LogP contribution in [-0.2, 0) is 6.54 Å². The predicted octanol–water partition coefficient (Wildman–Crippen LogP) is 3.96. The monoisotopic (exact) mass is 299 g/mol. The lowest BCUT2D eigenvalue weighted by Gasteiger charge is -2.31. The maximum atomic E-state index is 6.01.